The highest BCUT2D eigenvalue weighted by Gasteiger charge is 2.39. The Balaban J connectivity index is 0.000000220. The Labute approximate surface area is 264 Å². The van der Waals surface area contributed by atoms with Crippen LogP contribution >= 0.6 is 0 Å². The number of anilines is 2. The van der Waals surface area contributed by atoms with E-state index in [0.717, 1.165) is 9.80 Å². The van der Waals surface area contributed by atoms with Gasteiger partial charge in [-0.2, -0.15) is 0 Å². The van der Waals surface area contributed by atoms with E-state index in [1.54, 1.807) is 105 Å². The summed E-state index contributed by atoms with van der Waals surface area (Å²) in [5.74, 6) is -2.82. The normalized spacial score (nSPS) is 13.8. The third kappa shape index (κ3) is 6.36. The number of methoxy groups -OCH3 is 2. The van der Waals surface area contributed by atoms with Gasteiger partial charge in [-0.05, 0) is 54.6 Å². The molecule has 3 aliphatic heterocycles. The molecule has 0 aliphatic carbocycles. The molecule has 4 aromatic carbocycles. The van der Waals surface area contributed by atoms with Gasteiger partial charge < -0.3 is 14.2 Å². The number of imide groups is 2. The number of esters is 2. The van der Waals surface area contributed by atoms with Gasteiger partial charge in [0.2, 0.25) is 0 Å². The number of hydrogen-bond donors (Lipinski definition) is 0. The highest BCUT2D eigenvalue weighted by molar-refractivity contribution is 6.36. The quantitative estimate of drug-likeness (QED) is 0.124. The predicted molar refractivity (Wildman–Crippen MR) is 168 cm³/mol. The number of cyclic esters (lactones) is 2. The van der Waals surface area contributed by atoms with Crippen molar-refractivity contribution in [3.8, 4) is 0 Å². The smallest absolute Gasteiger partial charge is 0.346 e. The van der Waals surface area contributed by atoms with Gasteiger partial charge in [-0.3, -0.25) is 19.2 Å². The van der Waals surface area contributed by atoms with Crippen LogP contribution in [0.5, 0.6) is 0 Å². The molecule has 0 atom stereocenters. The molecule has 3 heterocycles. The first-order valence-corrected chi connectivity index (χ1v) is 14.2. The molecule has 0 bridgehead atoms. The fourth-order valence-corrected chi connectivity index (χ4v) is 4.77. The number of fused-ring (bicyclic) bond motifs is 3. The van der Waals surface area contributed by atoms with Crippen LogP contribution in [0.25, 0.3) is 0 Å². The molecule has 0 saturated carbocycles. The van der Waals surface area contributed by atoms with Gasteiger partial charge in [0.25, 0.3) is 23.6 Å². The Morgan fingerprint density at radius 3 is 1.07 bits per heavy atom. The molecule has 234 valence electrons. The second-order valence-corrected chi connectivity index (χ2v) is 9.42. The summed E-state index contributed by atoms with van der Waals surface area (Å²) in [6, 6.07) is 26.0. The van der Waals surface area contributed by atoms with Crippen LogP contribution in [0.4, 0.5) is 11.4 Å². The summed E-state index contributed by atoms with van der Waals surface area (Å²) in [4.78, 5) is 74.6. The number of carbonyl (C=O) groups excluding carboxylic acids is 6. The lowest BCUT2D eigenvalue weighted by atomic mass is 10.1. The Morgan fingerprint density at radius 2 is 0.783 bits per heavy atom. The van der Waals surface area contributed by atoms with Crippen molar-refractivity contribution in [1.29, 1.82) is 0 Å². The number of benzene rings is 4. The van der Waals surface area contributed by atoms with E-state index in [9.17, 15) is 28.8 Å². The Hall–Kier alpha value is -5.78. The standard InChI is InChI=1S/C22H12N2O4.C8H4O3.C3H8O2.C2H6/c25-19-15-8-1-2-9-16(15)20(26)23(19)13-6-5-7-14(12-13)24-21(27)17-10-3-4-11-18(17)22(24)28;9-7-5-3-1-2-4-6(5)8(10)11-7;1-4-3-5-2;1-2/h1-12H;1-4H;3H2,1-2H3;1-2H3. The number of rotatable bonds is 4. The van der Waals surface area contributed by atoms with Gasteiger partial charge in [-0.25, -0.2) is 19.4 Å². The molecule has 11 nitrogen and oxygen atoms in total. The fraction of sp³-hybridized carbons (Fsp3) is 0.143. The minimum atomic E-state index is -0.550. The maximum Gasteiger partial charge on any atom is 0.346 e. The summed E-state index contributed by atoms with van der Waals surface area (Å²) in [5.41, 5.74) is 2.66. The van der Waals surface area contributed by atoms with E-state index in [0.29, 0.717) is 51.5 Å². The van der Waals surface area contributed by atoms with E-state index in [-0.39, 0.29) is 0 Å². The van der Waals surface area contributed by atoms with Gasteiger partial charge in [0.05, 0.1) is 44.8 Å². The van der Waals surface area contributed by atoms with Crippen molar-refractivity contribution in [1.82, 2.24) is 0 Å². The SMILES string of the molecule is CC.COCOC.O=C1OC(=O)c2ccccc21.O=C1c2ccccc2C(=O)N1c1cccc(N2C(=O)c3ccccc3C2=O)c1. The van der Waals surface area contributed by atoms with Crippen LogP contribution in [0.15, 0.2) is 97.1 Å². The second kappa shape index (κ2) is 14.8. The van der Waals surface area contributed by atoms with Gasteiger partial charge in [0.1, 0.15) is 6.79 Å². The van der Waals surface area contributed by atoms with Crippen LogP contribution in [0.3, 0.4) is 0 Å². The lowest BCUT2D eigenvalue weighted by Gasteiger charge is -2.18. The highest BCUT2D eigenvalue weighted by Crippen LogP contribution is 2.33. The molecule has 0 saturated heterocycles. The molecule has 0 spiro atoms. The summed E-state index contributed by atoms with van der Waals surface area (Å²) >= 11 is 0. The van der Waals surface area contributed by atoms with Crippen molar-refractivity contribution in [3.05, 3.63) is 130 Å². The van der Waals surface area contributed by atoms with Crippen LogP contribution in [-0.4, -0.2) is 56.6 Å². The first-order valence-electron chi connectivity index (χ1n) is 14.2. The number of nitrogens with zero attached hydrogens (tertiary/aromatic N) is 2. The summed E-state index contributed by atoms with van der Waals surface area (Å²) in [5, 5.41) is 0. The minimum absolute atomic E-state index is 0.306. The van der Waals surface area contributed by atoms with Gasteiger partial charge in [-0.15, -0.1) is 0 Å². The van der Waals surface area contributed by atoms with Crippen LogP contribution in [-0.2, 0) is 14.2 Å². The molecule has 0 radical (unpaired) electrons. The molecule has 0 unspecified atom stereocenters. The fourth-order valence-electron chi connectivity index (χ4n) is 4.77. The van der Waals surface area contributed by atoms with Gasteiger partial charge in [0, 0.05) is 14.2 Å². The van der Waals surface area contributed by atoms with Gasteiger partial charge in [-0.1, -0.05) is 56.3 Å². The third-order valence-corrected chi connectivity index (χ3v) is 6.72. The highest BCUT2D eigenvalue weighted by atomic mass is 16.6. The molecule has 0 fully saturated rings. The average molecular weight is 623 g/mol. The predicted octanol–water partition coefficient (Wildman–Crippen LogP) is 5.55. The summed E-state index contributed by atoms with van der Waals surface area (Å²) in [6.07, 6.45) is 0. The van der Waals surface area contributed by atoms with E-state index in [2.05, 4.69) is 14.2 Å². The van der Waals surface area contributed by atoms with Crippen LogP contribution in [0.1, 0.15) is 76.0 Å². The Morgan fingerprint density at radius 1 is 0.478 bits per heavy atom. The van der Waals surface area contributed by atoms with Crippen LogP contribution in [0.2, 0.25) is 0 Å². The van der Waals surface area contributed by atoms with E-state index < -0.39 is 35.6 Å². The molecule has 4 aromatic rings. The van der Waals surface area contributed by atoms with Crippen molar-refractivity contribution in [3.63, 3.8) is 0 Å². The number of ether oxygens (including phenoxy) is 3. The van der Waals surface area contributed by atoms with Crippen molar-refractivity contribution >= 4 is 46.9 Å². The molecule has 7 rings (SSSR count). The Kier molecular flexibility index (Phi) is 10.7. The first kappa shape index (κ1) is 33.1. The van der Waals surface area contributed by atoms with Crippen molar-refractivity contribution in [2.24, 2.45) is 0 Å². The van der Waals surface area contributed by atoms with Crippen LogP contribution < -0.4 is 9.80 Å². The van der Waals surface area contributed by atoms with E-state index in [1.165, 1.54) is 6.07 Å². The molecule has 11 heteroatoms. The van der Waals surface area contributed by atoms with E-state index in [1.807, 2.05) is 13.8 Å². The molecule has 4 amide bonds. The molecule has 3 aliphatic rings. The monoisotopic (exact) mass is 622 g/mol. The number of hydrogen-bond acceptors (Lipinski definition) is 9. The zero-order valence-electron chi connectivity index (χ0n) is 25.5. The molecule has 0 aromatic heterocycles. The molecular formula is C35H30N2O9. The maximum atomic E-state index is 12.7. The summed E-state index contributed by atoms with van der Waals surface area (Å²) in [7, 11) is 3.17. The minimum Gasteiger partial charge on any atom is -0.386 e. The lowest BCUT2D eigenvalue weighted by Crippen LogP contribution is -2.31. The number of amides is 4. The average Bonchev–Trinajstić information content (AvgIpc) is 3.64. The van der Waals surface area contributed by atoms with Crippen molar-refractivity contribution in [2.75, 3.05) is 30.8 Å². The van der Waals surface area contributed by atoms with Crippen molar-refractivity contribution in [2.45, 2.75) is 13.8 Å². The molecule has 0 N–H and O–H groups in total. The Bertz CT molecular complexity index is 1640. The van der Waals surface area contributed by atoms with Gasteiger partial charge >= 0.3 is 11.9 Å². The third-order valence-electron chi connectivity index (χ3n) is 6.72. The van der Waals surface area contributed by atoms with E-state index in [4.69, 9.17) is 0 Å². The largest absolute Gasteiger partial charge is 0.386 e. The zero-order chi connectivity index (χ0) is 33.4. The van der Waals surface area contributed by atoms with Gasteiger partial charge in [0.15, 0.2) is 0 Å². The maximum absolute atomic E-state index is 12.7. The summed E-state index contributed by atoms with van der Waals surface area (Å²) < 4.78 is 13.3. The molecular weight excluding hydrogens is 592 g/mol. The lowest BCUT2D eigenvalue weighted by molar-refractivity contribution is -0.00272. The molecule has 46 heavy (non-hydrogen) atoms. The zero-order valence-corrected chi connectivity index (χ0v) is 25.5. The first-order chi connectivity index (χ1) is 22.3. The second-order valence-electron chi connectivity index (χ2n) is 9.42. The van der Waals surface area contributed by atoms with E-state index >= 15 is 0 Å². The topological polar surface area (TPSA) is 137 Å². The van der Waals surface area contributed by atoms with Crippen molar-refractivity contribution < 1.29 is 43.0 Å². The number of carbonyl (C=O) groups is 6. The summed E-state index contributed by atoms with van der Waals surface area (Å²) in [6.45, 7) is 4.39. The van der Waals surface area contributed by atoms with Crippen LogP contribution in [0, 0.1) is 0 Å².